The average molecular weight is 255 g/mol. The van der Waals surface area contributed by atoms with Crippen molar-refractivity contribution >= 4 is 30.6 Å². The van der Waals surface area contributed by atoms with Crippen molar-refractivity contribution in [1.29, 1.82) is 0 Å². The van der Waals surface area contributed by atoms with Gasteiger partial charge in [0.15, 0.2) is 6.10 Å². The zero-order chi connectivity index (χ0) is 11.5. The Morgan fingerprint density at radius 1 is 1.44 bits per heavy atom. The predicted molar refractivity (Wildman–Crippen MR) is 68.3 cm³/mol. The van der Waals surface area contributed by atoms with Gasteiger partial charge in [-0.3, -0.25) is 8.98 Å². The Labute approximate surface area is 105 Å². The number of likely N-dealkylation sites (tertiary alicyclic amines) is 1. The Bertz CT molecular complexity index is 372. The molecule has 1 saturated heterocycles. The van der Waals surface area contributed by atoms with Crippen molar-refractivity contribution in [2.45, 2.75) is 12.1 Å². The van der Waals surface area contributed by atoms with Crippen molar-refractivity contribution in [3.63, 3.8) is 0 Å². The minimum absolute atomic E-state index is 0.00125. The summed E-state index contributed by atoms with van der Waals surface area (Å²) in [5.41, 5.74) is 1.09. The van der Waals surface area contributed by atoms with E-state index in [0.717, 1.165) is 5.56 Å². The monoisotopic (exact) mass is 255 g/mol. The van der Waals surface area contributed by atoms with Gasteiger partial charge in [0.25, 0.3) is 5.91 Å². The molecule has 1 fully saturated rings. The van der Waals surface area contributed by atoms with E-state index >= 15 is 0 Å². The smallest absolute Gasteiger partial charge is 0.256 e. The van der Waals surface area contributed by atoms with E-state index in [0.29, 0.717) is 5.88 Å². The van der Waals surface area contributed by atoms with Crippen molar-refractivity contribution in [3.8, 4) is 0 Å². The van der Waals surface area contributed by atoms with Gasteiger partial charge in [-0.05, 0) is 17.6 Å². The first-order chi connectivity index (χ1) is 7.79. The highest BCUT2D eigenvalue weighted by Gasteiger charge is 2.48. The second-order valence-electron chi connectivity index (χ2n) is 3.49. The van der Waals surface area contributed by atoms with E-state index in [1.807, 2.05) is 36.6 Å². The molecule has 1 heterocycles. The van der Waals surface area contributed by atoms with Crippen LogP contribution in [-0.4, -0.2) is 29.0 Å². The number of hydrogen-bond donors (Lipinski definition) is 1. The van der Waals surface area contributed by atoms with E-state index < -0.39 is 0 Å². The maximum Gasteiger partial charge on any atom is 0.256 e. The summed E-state index contributed by atoms with van der Waals surface area (Å²) in [7, 11) is 0. The van der Waals surface area contributed by atoms with E-state index in [1.54, 1.807) is 4.90 Å². The van der Waals surface area contributed by atoms with Gasteiger partial charge in [0.2, 0.25) is 0 Å². The molecule has 0 N–H and O–H groups in total. The van der Waals surface area contributed by atoms with Crippen molar-refractivity contribution in [3.05, 3.63) is 35.9 Å². The van der Waals surface area contributed by atoms with Crippen LogP contribution in [0.1, 0.15) is 11.6 Å². The highest BCUT2D eigenvalue weighted by Crippen LogP contribution is 2.38. The molecule has 2 rings (SSSR count). The van der Waals surface area contributed by atoms with Crippen molar-refractivity contribution in [2.75, 3.05) is 12.1 Å². The van der Waals surface area contributed by atoms with Crippen LogP contribution in [-0.2, 0) is 8.98 Å². The van der Waals surface area contributed by atoms with Gasteiger partial charge >= 0.3 is 0 Å². The maximum absolute atomic E-state index is 11.7. The molecule has 2 atom stereocenters. The minimum Gasteiger partial charge on any atom is -0.321 e. The fourth-order valence-corrected chi connectivity index (χ4v) is 2.59. The lowest BCUT2D eigenvalue weighted by atomic mass is 9.92. The quantitative estimate of drug-likeness (QED) is 0.508. The Kier molecular flexibility index (Phi) is 3.78. The molecule has 3 nitrogen and oxygen atoms in total. The standard InChI is InChI=1S/C11H13NO2S2/c1-16-14-10-9(12(7-15)11(10)13)8-5-3-2-4-6-8/h2-6,9-10,15H,7H2,1H3/t9-,10+/m0/s1. The van der Waals surface area contributed by atoms with Crippen LogP contribution in [0, 0.1) is 0 Å². The van der Waals surface area contributed by atoms with Gasteiger partial charge in [-0.25, -0.2) is 0 Å². The zero-order valence-corrected chi connectivity index (χ0v) is 10.6. The molecule has 0 aromatic heterocycles. The number of thiol groups is 1. The third kappa shape index (κ3) is 1.95. The van der Waals surface area contributed by atoms with Crippen molar-refractivity contribution in [2.24, 2.45) is 0 Å². The largest absolute Gasteiger partial charge is 0.321 e. The van der Waals surface area contributed by atoms with Gasteiger partial charge in [0.05, 0.1) is 11.9 Å². The van der Waals surface area contributed by atoms with Crippen LogP contribution < -0.4 is 0 Å². The molecule has 0 saturated carbocycles. The van der Waals surface area contributed by atoms with E-state index in [9.17, 15) is 4.79 Å². The molecule has 0 unspecified atom stereocenters. The van der Waals surface area contributed by atoms with Crippen LogP contribution in [0.3, 0.4) is 0 Å². The molecule has 1 amide bonds. The summed E-state index contributed by atoms with van der Waals surface area (Å²) < 4.78 is 5.38. The summed E-state index contributed by atoms with van der Waals surface area (Å²) >= 11 is 5.39. The number of β-lactam (4-membered cyclic amide) rings is 1. The van der Waals surface area contributed by atoms with Gasteiger partial charge in [0, 0.05) is 6.26 Å². The van der Waals surface area contributed by atoms with Crippen LogP contribution in [0.25, 0.3) is 0 Å². The van der Waals surface area contributed by atoms with Gasteiger partial charge in [0.1, 0.15) is 0 Å². The number of nitrogens with zero attached hydrogens (tertiary/aromatic N) is 1. The SMILES string of the molecule is CSO[C@H]1C(=O)N(CS)[C@H]1c1ccccc1. The molecule has 1 aliphatic heterocycles. The second kappa shape index (κ2) is 5.12. The molecule has 1 aromatic carbocycles. The van der Waals surface area contributed by atoms with Crippen LogP contribution in [0.15, 0.2) is 30.3 Å². The van der Waals surface area contributed by atoms with Gasteiger partial charge in [-0.2, -0.15) is 12.6 Å². The third-order valence-corrected chi connectivity index (χ3v) is 3.35. The van der Waals surface area contributed by atoms with Crippen LogP contribution in [0.5, 0.6) is 0 Å². The molecule has 0 spiro atoms. The Morgan fingerprint density at radius 2 is 2.12 bits per heavy atom. The topological polar surface area (TPSA) is 29.5 Å². The highest BCUT2D eigenvalue weighted by atomic mass is 32.2. The number of rotatable bonds is 4. The summed E-state index contributed by atoms with van der Waals surface area (Å²) in [5.74, 6) is 0.435. The van der Waals surface area contributed by atoms with Crippen molar-refractivity contribution < 1.29 is 8.98 Å². The average Bonchev–Trinajstić information content (AvgIpc) is 2.33. The fraction of sp³-hybridized carbons (Fsp3) is 0.364. The van der Waals surface area contributed by atoms with Crippen LogP contribution >= 0.6 is 24.7 Å². The predicted octanol–water partition coefficient (Wildman–Crippen LogP) is 2.12. The molecular formula is C11H13NO2S2. The number of amides is 1. The first kappa shape index (κ1) is 11.8. The number of carbonyl (C=O) groups excluding carboxylic acids is 1. The molecule has 5 heteroatoms. The number of benzene rings is 1. The Balaban J connectivity index is 2.20. The van der Waals surface area contributed by atoms with Crippen LogP contribution in [0.4, 0.5) is 0 Å². The fourth-order valence-electron chi connectivity index (χ4n) is 1.88. The molecular weight excluding hydrogens is 242 g/mol. The molecule has 0 aliphatic carbocycles. The molecule has 1 aliphatic rings. The highest BCUT2D eigenvalue weighted by molar-refractivity contribution is 7.94. The van der Waals surface area contributed by atoms with Gasteiger partial charge < -0.3 is 4.90 Å². The van der Waals surface area contributed by atoms with E-state index in [2.05, 4.69) is 12.6 Å². The molecule has 0 radical (unpaired) electrons. The first-order valence-electron chi connectivity index (χ1n) is 4.95. The minimum atomic E-state index is -0.371. The number of carbonyl (C=O) groups is 1. The van der Waals surface area contributed by atoms with E-state index in [-0.39, 0.29) is 18.1 Å². The number of hydrogen-bond acceptors (Lipinski definition) is 4. The summed E-state index contributed by atoms with van der Waals surface area (Å²) in [4.78, 5) is 13.4. The van der Waals surface area contributed by atoms with E-state index in [4.69, 9.17) is 4.18 Å². The summed E-state index contributed by atoms with van der Waals surface area (Å²) in [6, 6.07) is 9.89. The summed E-state index contributed by atoms with van der Waals surface area (Å²) in [6.07, 6.45) is 1.45. The zero-order valence-electron chi connectivity index (χ0n) is 8.87. The summed E-state index contributed by atoms with van der Waals surface area (Å²) in [5, 5.41) is 0. The van der Waals surface area contributed by atoms with Gasteiger partial charge in [-0.1, -0.05) is 30.3 Å². The van der Waals surface area contributed by atoms with Crippen molar-refractivity contribution in [1.82, 2.24) is 4.90 Å². The maximum atomic E-state index is 11.7. The Morgan fingerprint density at radius 3 is 2.69 bits per heavy atom. The van der Waals surface area contributed by atoms with E-state index in [1.165, 1.54) is 12.0 Å². The lowest BCUT2D eigenvalue weighted by Crippen LogP contribution is -2.58. The molecule has 0 bridgehead atoms. The lowest BCUT2D eigenvalue weighted by Gasteiger charge is -2.45. The summed E-state index contributed by atoms with van der Waals surface area (Å²) in [6.45, 7) is 0. The molecule has 16 heavy (non-hydrogen) atoms. The normalized spacial score (nSPS) is 24.4. The van der Waals surface area contributed by atoms with Crippen LogP contribution in [0.2, 0.25) is 0 Å². The Hall–Kier alpha value is -0.650. The molecule has 86 valence electrons. The first-order valence-corrected chi connectivity index (χ1v) is 6.73. The molecule has 1 aromatic rings. The second-order valence-corrected chi connectivity index (χ2v) is 4.30. The van der Waals surface area contributed by atoms with Gasteiger partial charge in [-0.15, -0.1) is 0 Å². The lowest BCUT2D eigenvalue weighted by molar-refractivity contribution is -0.160. The third-order valence-electron chi connectivity index (χ3n) is 2.64.